The number of anilines is 1. The standard InChI is InChI=1S/C16H17FN2O3/c17-14-10-12(19-7-1-2-15(19)20)3-4-13(14)11-5-8-18(9-6-11)16(21)22/h3-5,10H,1-2,6-9H2,(H,21,22). The molecular weight excluding hydrogens is 287 g/mol. The SMILES string of the molecule is O=C(O)N1CC=C(c2ccc(N3CCCC3=O)cc2F)CC1. The van der Waals surface area contributed by atoms with E-state index in [4.69, 9.17) is 5.11 Å². The van der Waals surface area contributed by atoms with Gasteiger partial charge in [0.05, 0.1) is 0 Å². The van der Waals surface area contributed by atoms with Crippen molar-refractivity contribution in [3.63, 3.8) is 0 Å². The van der Waals surface area contributed by atoms with E-state index in [1.54, 1.807) is 23.1 Å². The van der Waals surface area contributed by atoms with E-state index in [9.17, 15) is 14.0 Å². The van der Waals surface area contributed by atoms with Crippen LogP contribution in [0.15, 0.2) is 24.3 Å². The lowest BCUT2D eigenvalue weighted by atomic mass is 9.98. The van der Waals surface area contributed by atoms with Crippen molar-refractivity contribution in [2.24, 2.45) is 0 Å². The van der Waals surface area contributed by atoms with Gasteiger partial charge in [0.25, 0.3) is 0 Å². The molecule has 116 valence electrons. The first-order valence-corrected chi connectivity index (χ1v) is 7.33. The summed E-state index contributed by atoms with van der Waals surface area (Å²) in [7, 11) is 0. The van der Waals surface area contributed by atoms with Crippen LogP contribution in [-0.4, -0.2) is 41.6 Å². The van der Waals surface area contributed by atoms with E-state index in [1.165, 1.54) is 11.0 Å². The van der Waals surface area contributed by atoms with Gasteiger partial charge in [-0.1, -0.05) is 6.08 Å². The van der Waals surface area contributed by atoms with Crippen molar-refractivity contribution in [2.45, 2.75) is 19.3 Å². The molecular formula is C16H17FN2O3. The Balaban J connectivity index is 1.81. The lowest BCUT2D eigenvalue weighted by molar-refractivity contribution is -0.117. The Bertz CT molecular complexity index is 657. The van der Waals surface area contributed by atoms with E-state index >= 15 is 0 Å². The van der Waals surface area contributed by atoms with Gasteiger partial charge in [0, 0.05) is 37.3 Å². The summed E-state index contributed by atoms with van der Waals surface area (Å²) in [5, 5.41) is 8.92. The first-order chi connectivity index (χ1) is 10.6. The van der Waals surface area contributed by atoms with Crippen LogP contribution < -0.4 is 4.90 Å². The second kappa shape index (κ2) is 5.79. The van der Waals surface area contributed by atoms with Gasteiger partial charge in [0.2, 0.25) is 5.91 Å². The smallest absolute Gasteiger partial charge is 0.407 e. The average molecular weight is 304 g/mol. The molecule has 2 amide bonds. The van der Waals surface area contributed by atoms with Crippen molar-refractivity contribution in [3.8, 4) is 0 Å². The van der Waals surface area contributed by atoms with Crippen LogP contribution in [-0.2, 0) is 4.79 Å². The highest BCUT2D eigenvalue weighted by Crippen LogP contribution is 2.29. The number of carbonyl (C=O) groups is 2. The molecule has 5 nitrogen and oxygen atoms in total. The fourth-order valence-electron chi connectivity index (χ4n) is 2.94. The zero-order valence-corrected chi connectivity index (χ0v) is 12.1. The molecule has 6 heteroatoms. The zero-order valence-electron chi connectivity index (χ0n) is 12.1. The first-order valence-electron chi connectivity index (χ1n) is 7.33. The number of rotatable bonds is 2. The molecule has 0 aliphatic carbocycles. The molecule has 0 spiro atoms. The van der Waals surface area contributed by atoms with Crippen molar-refractivity contribution in [3.05, 3.63) is 35.7 Å². The van der Waals surface area contributed by atoms with Gasteiger partial charge in [-0.05, 0) is 36.6 Å². The summed E-state index contributed by atoms with van der Waals surface area (Å²) in [6, 6.07) is 4.83. The van der Waals surface area contributed by atoms with Crippen molar-refractivity contribution >= 4 is 23.3 Å². The van der Waals surface area contributed by atoms with Crippen LogP contribution in [0.1, 0.15) is 24.8 Å². The number of benzene rings is 1. The predicted octanol–water partition coefficient (Wildman–Crippen LogP) is 2.72. The van der Waals surface area contributed by atoms with Crippen molar-refractivity contribution in [1.82, 2.24) is 4.90 Å². The van der Waals surface area contributed by atoms with E-state index in [2.05, 4.69) is 0 Å². The van der Waals surface area contributed by atoms with Gasteiger partial charge in [-0.2, -0.15) is 0 Å². The van der Waals surface area contributed by atoms with E-state index < -0.39 is 6.09 Å². The minimum Gasteiger partial charge on any atom is -0.465 e. The second-order valence-corrected chi connectivity index (χ2v) is 5.52. The minimum absolute atomic E-state index is 0.0288. The van der Waals surface area contributed by atoms with Crippen LogP contribution in [0.3, 0.4) is 0 Å². The Morgan fingerprint density at radius 2 is 2.05 bits per heavy atom. The van der Waals surface area contributed by atoms with Gasteiger partial charge >= 0.3 is 6.09 Å². The number of hydrogen-bond donors (Lipinski definition) is 1. The predicted molar refractivity (Wildman–Crippen MR) is 80.2 cm³/mol. The van der Waals surface area contributed by atoms with Crippen LogP contribution in [0.25, 0.3) is 5.57 Å². The summed E-state index contributed by atoms with van der Waals surface area (Å²) < 4.78 is 14.4. The zero-order chi connectivity index (χ0) is 15.7. The molecule has 0 atom stereocenters. The van der Waals surface area contributed by atoms with Crippen molar-refractivity contribution in [2.75, 3.05) is 24.5 Å². The summed E-state index contributed by atoms with van der Waals surface area (Å²) in [5.74, 6) is -0.339. The number of nitrogens with zero attached hydrogens (tertiary/aromatic N) is 2. The Hall–Kier alpha value is -2.37. The fourth-order valence-corrected chi connectivity index (χ4v) is 2.94. The molecule has 1 fully saturated rings. The molecule has 2 heterocycles. The summed E-state index contributed by atoms with van der Waals surface area (Å²) in [6.45, 7) is 1.28. The van der Waals surface area contributed by atoms with Crippen LogP contribution in [0.4, 0.5) is 14.9 Å². The molecule has 2 aliphatic rings. The second-order valence-electron chi connectivity index (χ2n) is 5.52. The van der Waals surface area contributed by atoms with E-state index in [0.717, 1.165) is 12.0 Å². The molecule has 3 rings (SSSR count). The third kappa shape index (κ3) is 2.68. The topological polar surface area (TPSA) is 60.9 Å². The Kier molecular flexibility index (Phi) is 3.83. The van der Waals surface area contributed by atoms with Crippen LogP contribution in [0, 0.1) is 5.82 Å². The monoisotopic (exact) mass is 304 g/mol. The normalized spacial score (nSPS) is 18.6. The number of amides is 2. The Labute approximate surface area is 127 Å². The molecule has 1 N–H and O–H groups in total. The van der Waals surface area contributed by atoms with Crippen molar-refractivity contribution < 1.29 is 19.1 Å². The number of carbonyl (C=O) groups excluding carboxylic acids is 1. The van der Waals surface area contributed by atoms with Gasteiger partial charge < -0.3 is 14.9 Å². The lowest BCUT2D eigenvalue weighted by Gasteiger charge is -2.24. The first kappa shape index (κ1) is 14.6. The summed E-state index contributed by atoms with van der Waals surface area (Å²) in [5.41, 5.74) is 1.89. The molecule has 0 aromatic heterocycles. The van der Waals surface area contributed by atoms with Gasteiger partial charge in [-0.25, -0.2) is 9.18 Å². The van der Waals surface area contributed by atoms with Crippen LogP contribution in [0.5, 0.6) is 0 Å². The van der Waals surface area contributed by atoms with E-state index in [1.807, 2.05) is 0 Å². The molecule has 0 bridgehead atoms. The van der Waals surface area contributed by atoms with Crippen LogP contribution >= 0.6 is 0 Å². The summed E-state index contributed by atoms with van der Waals surface area (Å²) >= 11 is 0. The molecule has 1 saturated heterocycles. The van der Waals surface area contributed by atoms with Gasteiger partial charge in [-0.3, -0.25) is 4.79 Å². The largest absolute Gasteiger partial charge is 0.465 e. The lowest BCUT2D eigenvalue weighted by Crippen LogP contribution is -2.33. The maximum atomic E-state index is 14.4. The Morgan fingerprint density at radius 3 is 2.59 bits per heavy atom. The highest BCUT2D eigenvalue weighted by Gasteiger charge is 2.23. The molecule has 22 heavy (non-hydrogen) atoms. The maximum Gasteiger partial charge on any atom is 0.407 e. The Morgan fingerprint density at radius 1 is 1.23 bits per heavy atom. The summed E-state index contributed by atoms with van der Waals surface area (Å²) in [6.07, 6.45) is 2.60. The molecule has 1 aromatic carbocycles. The minimum atomic E-state index is -0.960. The molecule has 0 radical (unpaired) electrons. The average Bonchev–Trinajstić information content (AvgIpc) is 2.93. The number of hydrogen-bond acceptors (Lipinski definition) is 2. The maximum absolute atomic E-state index is 14.4. The molecule has 0 unspecified atom stereocenters. The number of halogens is 1. The van der Waals surface area contributed by atoms with Gasteiger partial charge in [0.15, 0.2) is 0 Å². The van der Waals surface area contributed by atoms with Gasteiger partial charge in [0.1, 0.15) is 5.82 Å². The fraction of sp³-hybridized carbons (Fsp3) is 0.375. The van der Waals surface area contributed by atoms with Gasteiger partial charge in [-0.15, -0.1) is 0 Å². The quantitative estimate of drug-likeness (QED) is 0.914. The highest BCUT2D eigenvalue weighted by atomic mass is 19.1. The third-order valence-corrected chi connectivity index (χ3v) is 4.16. The third-order valence-electron chi connectivity index (χ3n) is 4.16. The molecule has 0 saturated carbocycles. The van der Waals surface area contributed by atoms with E-state index in [0.29, 0.717) is 37.2 Å². The van der Waals surface area contributed by atoms with Crippen LogP contribution in [0.2, 0.25) is 0 Å². The molecule has 1 aromatic rings. The number of carboxylic acid groups (broad SMARTS) is 1. The van der Waals surface area contributed by atoms with E-state index in [-0.39, 0.29) is 18.3 Å². The highest BCUT2D eigenvalue weighted by molar-refractivity contribution is 5.95. The van der Waals surface area contributed by atoms with Crippen molar-refractivity contribution in [1.29, 1.82) is 0 Å². The molecule has 2 aliphatic heterocycles. The summed E-state index contributed by atoms with van der Waals surface area (Å²) in [4.78, 5) is 25.5.